The zero-order valence-electron chi connectivity index (χ0n) is 17.6. The first-order valence-electron chi connectivity index (χ1n) is 10.1. The molecule has 0 saturated heterocycles. The number of Topliss-reactive ketones (excluding diaryl/α,β-unsaturated/α-hetero) is 1. The molecule has 0 fully saturated rings. The van der Waals surface area contributed by atoms with E-state index in [0.717, 1.165) is 0 Å². The number of aliphatic imine (C=N–C) groups is 1. The largest absolute Gasteiger partial charge is 0.490 e. The number of ether oxygens (including phenoxy) is 2. The van der Waals surface area contributed by atoms with Crippen LogP contribution in [0.4, 0.5) is 5.69 Å². The second kappa shape index (κ2) is 12.5. The third-order valence-corrected chi connectivity index (χ3v) is 4.51. The quantitative estimate of drug-likeness (QED) is 0.198. The minimum Gasteiger partial charge on any atom is -0.490 e. The van der Waals surface area contributed by atoms with Gasteiger partial charge in [0.15, 0.2) is 5.78 Å². The smallest absolute Gasteiger partial charge is 0.305 e. The predicted octanol–water partition coefficient (Wildman–Crippen LogP) is 5.11. The number of benzene rings is 2. The molecule has 0 spiro atoms. The lowest BCUT2D eigenvalue weighted by atomic mass is 10.0. The van der Waals surface area contributed by atoms with Crippen molar-refractivity contribution in [1.29, 1.82) is 0 Å². The van der Waals surface area contributed by atoms with Crippen LogP contribution in [0.3, 0.4) is 0 Å². The Morgan fingerprint density at radius 3 is 2.19 bits per heavy atom. The molecule has 0 heterocycles. The van der Waals surface area contributed by atoms with Gasteiger partial charge in [0.25, 0.3) is 0 Å². The molecule has 0 aliphatic heterocycles. The third kappa shape index (κ3) is 8.24. The molecule has 0 radical (unpaired) electrons. The van der Waals surface area contributed by atoms with Gasteiger partial charge in [0.2, 0.25) is 0 Å². The van der Waals surface area contributed by atoms with E-state index in [1.165, 1.54) is 0 Å². The van der Waals surface area contributed by atoms with Crippen LogP contribution in [-0.4, -0.2) is 35.4 Å². The molecule has 31 heavy (non-hydrogen) atoms. The Balaban J connectivity index is 1.84. The highest BCUT2D eigenvalue weighted by molar-refractivity contribution is 7.78. The van der Waals surface area contributed by atoms with Crippen LogP contribution in [0.25, 0.3) is 0 Å². The number of hydrogen-bond acceptors (Lipinski definition) is 7. The van der Waals surface area contributed by atoms with E-state index in [9.17, 15) is 14.4 Å². The van der Waals surface area contributed by atoms with E-state index in [-0.39, 0.29) is 36.5 Å². The summed E-state index contributed by atoms with van der Waals surface area (Å²) in [6, 6.07) is 13.6. The molecule has 162 valence electrons. The van der Waals surface area contributed by atoms with Crippen molar-refractivity contribution in [2.45, 2.75) is 45.6 Å². The van der Waals surface area contributed by atoms with Crippen LogP contribution in [0.5, 0.6) is 5.75 Å². The van der Waals surface area contributed by atoms with Gasteiger partial charge >= 0.3 is 5.97 Å². The first kappa shape index (κ1) is 24.1. The molecule has 0 amide bonds. The molecule has 1 unspecified atom stereocenters. The van der Waals surface area contributed by atoms with Crippen molar-refractivity contribution < 1.29 is 23.9 Å². The van der Waals surface area contributed by atoms with Crippen LogP contribution in [0.2, 0.25) is 0 Å². The summed E-state index contributed by atoms with van der Waals surface area (Å²) in [5, 5.41) is 2.29. The van der Waals surface area contributed by atoms with E-state index >= 15 is 0 Å². The average molecular weight is 440 g/mol. The fourth-order valence-corrected chi connectivity index (χ4v) is 3.06. The van der Waals surface area contributed by atoms with Gasteiger partial charge in [0.05, 0.1) is 17.5 Å². The molecule has 7 heteroatoms. The highest BCUT2D eigenvalue weighted by atomic mass is 32.1. The average Bonchev–Trinajstić information content (AvgIpc) is 2.74. The van der Waals surface area contributed by atoms with E-state index in [4.69, 9.17) is 9.47 Å². The van der Waals surface area contributed by atoms with Crippen molar-refractivity contribution in [3.05, 3.63) is 59.7 Å². The number of carbonyl (C=O) groups excluding carboxylic acids is 3. The first-order chi connectivity index (χ1) is 14.9. The van der Waals surface area contributed by atoms with E-state index in [2.05, 4.69) is 22.4 Å². The van der Waals surface area contributed by atoms with Crippen LogP contribution < -0.4 is 4.74 Å². The molecule has 0 aliphatic rings. The van der Waals surface area contributed by atoms with Crippen molar-refractivity contribution in [2.75, 3.05) is 6.61 Å². The molecule has 1 atom stereocenters. The number of ketones is 2. The maximum Gasteiger partial charge on any atom is 0.305 e. The minimum atomic E-state index is -0.314. The van der Waals surface area contributed by atoms with Gasteiger partial charge in [0.1, 0.15) is 17.6 Å². The number of thiocarbonyl (C=S) groups is 1. The minimum absolute atomic E-state index is 0.0324. The summed E-state index contributed by atoms with van der Waals surface area (Å²) in [6.45, 7) is 3.91. The first-order valence-corrected chi connectivity index (χ1v) is 10.5. The summed E-state index contributed by atoms with van der Waals surface area (Å²) in [7, 11) is 0. The molecule has 2 aromatic rings. The summed E-state index contributed by atoms with van der Waals surface area (Å²) in [5.74, 6) is 0.210. The molecule has 0 N–H and O–H groups in total. The second-order valence-electron chi connectivity index (χ2n) is 6.93. The number of nitrogens with zero attached hydrogens (tertiary/aromatic N) is 1. The molecular weight excluding hydrogens is 414 g/mol. The van der Waals surface area contributed by atoms with Crippen LogP contribution in [-0.2, 0) is 14.3 Å². The van der Waals surface area contributed by atoms with Gasteiger partial charge in [0, 0.05) is 30.4 Å². The monoisotopic (exact) mass is 439 g/mol. The van der Waals surface area contributed by atoms with Crippen LogP contribution >= 0.6 is 12.2 Å². The van der Waals surface area contributed by atoms with Crippen molar-refractivity contribution in [2.24, 2.45) is 4.99 Å². The summed E-state index contributed by atoms with van der Waals surface area (Å²) < 4.78 is 10.6. The van der Waals surface area contributed by atoms with Gasteiger partial charge in [-0.25, -0.2) is 0 Å². The summed E-state index contributed by atoms with van der Waals surface area (Å²) in [5.41, 5.74) is 1.71. The molecule has 2 rings (SSSR count). The lowest BCUT2D eigenvalue weighted by Gasteiger charge is -2.14. The highest BCUT2D eigenvalue weighted by Gasteiger charge is 2.13. The van der Waals surface area contributed by atoms with Gasteiger partial charge < -0.3 is 9.47 Å². The molecule has 0 saturated carbocycles. The Hall–Kier alpha value is -3.15. The lowest BCUT2D eigenvalue weighted by molar-refractivity contribution is -0.143. The molecular formula is C24H25NO5S. The second-order valence-corrected chi connectivity index (χ2v) is 7.12. The number of isothiocyanates is 1. The summed E-state index contributed by atoms with van der Waals surface area (Å²) >= 11 is 4.57. The maximum atomic E-state index is 12.6. The highest BCUT2D eigenvalue weighted by Crippen LogP contribution is 2.19. The number of rotatable bonds is 12. The van der Waals surface area contributed by atoms with Gasteiger partial charge in [-0.3, -0.25) is 14.4 Å². The van der Waals surface area contributed by atoms with Crippen LogP contribution in [0.15, 0.2) is 53.5 Å². The zero-order valence-corrected chi connectivity index (χ0v) is 18.4. The van der Waals surface area contributed by atoms with Gasteiger partial charge in [-0.05, 0) is 81.0 Å². The normalized spacial score (nSPS) is 11.2. The van der Waals surface area contributed by atoms with Gasteiger partial charge in [-0.1, -0.05) is 0 Å². The van der Waals surface area contributed by atoms with Crippen molar-refractivity contribution >= 4 is 40.6 Å². The summed E-state index contributed by atoms with van der Waals surface area (Å²) in [6.07, 6.45) is 0.965. The molecule has 6 nitrogen and oxygen atoms in total. The number of hydrogen-bond donors (Lipinski definition) is 0. The van der Waals surface area contributed by atoms with Gasteiger partial charge in [-0.15, -0.1) is 0 Å². The Morgan fingerprint density at radius 1 is 1.00 bits per heavy atom. The lowest BCUT2D eigenvalue weighted by Crippen LogP contribution is -2.17. The fraction of sp³-hybridized carbons (Fsp3) is 0.333. The van der Waals surface area contributed by atoms with Crippen molar-refractivity contribution in [3.8, 4) is 5.75 Å². The predicted molar refractivity (Wildman–Crippen MR) is 121 cm³/mol. The standard InChI is InChI=1S/C24H25NO5S/c1-3-29-23(27)6-4-5-21(26)15-17(2)30-22-13-9-19(10-14-22)24(28)18-7-11-20(12-8-18)25-16-31/h7-14,17H,3-6,15H2,1-2H3. The fourth-order valence-electron chi connectivity index (χ4n) is 2.95. The zero-order chi connectivity index (χ0) is 22.6. The summed E-state index contributed by atoms with van der Waals surface area (Å²) in [4.78, 5) is 39.8. The Bertz CT molecular complexity index is 947. The van der Waals surface area contributed by atoms with E-state index < -0.39 is 0 Å². The number of esters is 1. The maximum absolute atomic E-state index is 12.6. The van der Waals surface area contributed by atoms with Gasteiger partial charge in [-0.2, -0.15) is 4.99 Å². The Morgan fingerprint density at radius 2 is 1.61 bits per heavy atom. The van der Waals surface area contributed by atoms with Crippen molar-refractivity contribution in [3.63, 3.8) is 0 Å². The van der Waals surface area contributed by atoms with E-state index in [1.54, 1.807) is 55.5 Å². The van der Waals surface area contributed by atoms with E-state index in [1.807, 2.05) is 6.92 Å². The van der Waals surface area contributed by atoms with E-state index in [0.29, 0.717) is 42.0 Å². The van der Waals surface area contributed by atoms with Crippen LogP contribution in [0.1, 0.15) is 55.5 Å². The van der Waals surface area contributed by atoms with Crippen LogP contribution in [0, 0.1) is 0 Å². The topological polar surface area (TPSA) is 82.0 Å². The number of carbonyl (C=O) groups is 3. The van der Waals surface area contributed by atoms with Crippen molar-refractivity contribution in [1.82, 2.24) is 0 Å². The molecule has 0 aromatic heterocycles. The molecule has 0 bridgehead atoms. The molecule has 0 aliphatic carbocycles. The molecule has 2 aromatic carbocycles. The third-order valence-electron chi connectivity index (χ3n) is 4.41. The SMILES string of the molecule is CCOC(=O)CCCC(=O)CC(C)Oc1ccc(C(=O)c2ccc(N=C=S)cc2)cc1. The Kier molecular flexibility index (Phi) is 9.75. The Labute approximate surface area is 187 Å².